The smallest absolute Gasteiger partial charge is 0.243 e. The summed E-state index contributed by atoms with van der Waals surface area (Å²) in [4.78, 5) is 0.248. The summed E-state index contributed by atoms with van der Waals surface area (Å²) in [5.74, 6) is 0.949. The van der Waals surface area contributed by atoms with E-state index in [-0.39, 0.29) is 4.90 Å². The molecular formula is C16H27NO4S. The minimum absolute atomic E-state index is 0.248. The highest BCUT2D eigenvalue weighted by atomic mass is 32.2. The molecule has 1 aromatic carbocycles. The lowest BCUT2D eigenvalue weighted by molar-refractivity contribution is 0.353. The number of rotatable bonds is 10. The van der Waals surface area contributed by atoms with Gasteiger partial charge >= 0.3 is 0 Å². The molecule has 0 saturated carbocycles. The van der Waals surface area contributed by atoms with E-state index in [1.165, 1.54) is 20.3 Å². The van der Waals surface area contributed by atoms with E-state index < -0.39 is 10.0 Å². The highest BCUT2D eigenvalue weighted by Crippen LogP contribution is 2.30. The maximum atomic E-state index is 12.8. The first-order valence-electron chi connectivity index (χ1n) is 7.73. The summed E-state index contributed by atoms with van der Waals surface area (Å²) in [6.45, 7) is 5.21. The molecule has 0 atom stereocenters. The van der Waals surface area contributed by atoms with E-state index in [0.717, 1.165) is 25.7 Å². The minimum atomic E-state index is -3.51. The van der Waals surface area contributed by atoms with Crippen molar-refractivity contribution in [3.05, 3.63) is 18.2 Å². The Morgan fingerprint density at radius 3 is 1.95 bits per heavy atom. The first kappa shape index (κ1) is 18.8. The van der Waals surface area contributed by atoms with Crippen molar-refractivity contribution in [3.63, 3.8) is 0 Å². The van der Waals surface area contributed by atoms with Gasteiger partial charge in [0.2, 0.25) is 10.0 Å². The van der Waals surface area contributed by atoms with Gasteiger partial charge in [0.05, 0.1) is 19.1 Å². The summed E-state index contributed by atoms with van der Waals surface area (Å²) in [7, 11) is -0.477. The van der Waals surface area contributed by atoms with Gasteiger partial charge in [0, 0.05) is 19.2 Å². The molecule has 0 aliphatic carbocycles. The zero-order chi connectivity index (χ0) is 16.6. The van der Waals surface area contributed by atoms with Gasteiger partial charge in [0.1, 0.15) is 0 Å². The molecule has 0 N–H and O–H groups in total. The van der Waals surface area contributed by atoms with Crippen LogP contribution in [-0.4, -0.2) is 40.0 Å². The third-order valence-electron chi connectivity index (χ3n) is 3.51. The van der Waals surface area contributed by atoms with Gasteiger partial charge in [-0.3, -0.25) is 0 Å². The van der Waals surface area contributed by atoms with Crippen molar-refractivity contribution < 1.29 is 17.9 Å². The second kappa shape index (κ2) is 9.00. The molecule has 0 amide bonds. The zero-order valence-electron chi connectivity index (χ0n) is 14.0. The summed E-state index contributed by atoms with van der Waals surface area (Å²) >= 11 is 0. The minimum Gasteiger partial charge on any atom is -0.493 e. The number of hydrogen-bond donors (Lipinski definition) is 0. The van der Waals surface area contributed by atoms with Gasteiger partial charge in [-0.15, -0.1) is 0 Å². The Morgan fingerprint density at radius 1 is 0.955 bits per heavy atom. The number of methoxy groups -OCH3 is 2. The van der Waals surface area contributed by atoms with Crippen LogP contribution in [0.5, 0.6) is 11.5 Å². The Balaban J connectivity index is 3.12. The van der Waals surface area contributed by atoms with Crippen LogP contribution in [-0.2, 0) is 10.0 Å². The predicted molar refractivity (Wildman–Crippen MR) is 88.1 cm³/mol. The Morgan fingerprint density at radius 2 is 1.50 bits per heavy atom. The lowest BCUT2D eigenvalue weighted by Gasteiger charge is -2.22. The largest absolute Gasteiger partial charge is 0.493 e. The quantitative estimate of drug-likeness (QED) is 0.661. The second-order valence-electron chi connectivity index (χ2n) is 5.13. The Labute approximate surface area is 134 Å². The number of sulfonamides is 1. The van der Waals surface area contributed by atoms with Gasteiger partial charge in [-0.1, -0.05) is 26.7 Å². The average molecular weight is 329 g/mol. The summed E-state index contributed by atoms with van der Waals surface area (Å²) in [6.07, 6.45) is 3.64. The third-order valence-corrected chi connectivity index (χ3v) is 5.41. The number of benzene rings is 1. The van der Waals surface area contributed by atoms with Crippen LogP contribution >= 0.6 is 0 Å². The van der Waals surface area contributed by atoms with Crippen molar-refractivity contribution in [2.45, 2.75) is 44.4 Å². The van der Waals surface area contributed by atoms with Gasteiger partial charge < -0.3 is 9.47 Å². The molecule has 0 radical (unpaired) electrons. The van der Waals surface area contributed by atoms with Crippen molar-refractivity contribution in [1.82, 2.24) is 4.31 Å². The van der Waals surface area contributed by atoms with Gasteiger partial charge in [-0.05, 0) is 25.0 Å². The third kappa shape index (κ3) is 4.61. The molecule has 0 aromatic heterocycles. The molecule has 0 aliphatic rings. The Bertz CT molecular complexity index is 549. The van der Waals surface area contributed by atoms with Gasteiger partial charge in [-0.2, -0.15) is 4.31 Å². The van der Waals surface area contributed by atoms with E-state index in [1.54, 1.807) is 16.4 Å². The van der Waals surface area contributed by atoms with Crippen LogP contribution in [0, 0.1) is 0 Å². The first-order chi connectivity index (χ1) is 10.5. The molecule has 1 rings (SSSR count). The molecule has 0 fully saturated rings. The standard InChI is InChI=1S/C16H27NO4S/c1-5-7-11-17(12-8-6-2)22(18,19)14-9-10-15(20-3)16(13-14)21-4/h9-10,13H,5-8,11-12H2,1-4H3. The topological polar surface area (TPSA) is 55.8 Å². The fourth-order valence-electron chi connectivity index (χ4n) is 2.15. The Hall–Kier alpha value is -1.27. The molecule has 126 valence electrons. The highest BCUT2D eigenvalue weighted by Gasteiger charge is 2.24. The van der Waals surface area contributed by atoms with Crippen molar-refractivity contribution in [1.29, 1.82) is 0 Å². The van der Waals surface area contributed by atoms with Gasteiger partial charge in [0.15, 0.2) is 11.5 Å². The van der Waals surface area contributed by atoms with E-state index in [9.17, 15) is 8.42 Å². The summed E-state index contributed by atoms with van der Waals surface area (Å²) in [5, 5.41) is 0. The van der Waals surface area contributed by atoms with Crippen LogP contribution < -0.4 is 9.47 Å². The number of unbranched alkanes of at least 4 members (excludes halogenated alkanes) is 2. The van der Waals surface area contributed by atoms with E-state index in [2.05, 4.69) is 13.8 Å². The van der Waals surface area contributed by atoms with Crippen LogP contribution in [0.3, 0.4) is 0 Å². The highest BCUT2D eigenvalue weighted by molar-refractivity contribution is 7.89. The molecule has 0 saturated heterocycles. The van der Waals surface area contributed by atoms with Crippen molar-refractivity contribution in [3.8, 4) is 11.5 Å². The van der Waals surface area contributed by atoms with Crippen LogP contribution in [0.2, 0.25) is 0 Å². The average Bonchev–Trinajstić information content (AvgIpc) is 2.53. The Kier molecular flexibility index (Phi) is 7.68. The molecule has 22 heavy (non-hydrogen) atoms. The molecule has 0 bridgehead atoms. The number of nitrogens with zero attached hydrogens (tertiary/aromatic N) is 1. The molecule has 0 spiro atoms. The fraction of sp³-hybridized carbons (Fsp3) is 0.625. The van der Waals surface area contributed by atoms with Crippen LogP contribution in [0.15, 0.2) is 23.1 Å². The van der Waals surface area contributed by atoms with Gasteiger partial charge in [-0.25, -0.2) is 8.42 Å². The van der Waals surface area contributed by atoms with E-state index >= 15 is 0 Å². The summed E-state index contributed by atoms with van der Waals surface area (Å²) in [5.41, 5.74) is 0. The summed E-state index contributed by atoms with van der Waals surface area (Å²) in [6, 6.07) is 4.73. The van der Waals surface area contributed by atoms with Crippen LogP contribution in [0.1, 0.15) is 39.5 Å². The van der Waals surface area contributed by atoms with E-state index in [1.807, 2.05) is 0 Å². The van der Waals surface area contributed by atoms with Crippen molar-refractivity contribution in [2.75, 3.05) is 27.3 Å². The van der Waals surface area contributed by atoms with E-state index in [0.29, 0.717) is 24.6 Å². The molecule has 0 heterocycles. The molecule has 0 unspecified atom stereocenters. The molecular weight excluding hydrogens is 302 g/mol. The SMILES string of the molecule is CCCCN(CCCC)S(=O)(=O)c1ccc(OC)c(OC)c1. The maximum absolute atomic E-state index is 12.8. The van der Waals surface area contributed by atoms with Crippen LogP contribution in [0.4, 0.5) is 0 Å². The fourth-order valence-corrected chi connectivity index (χ4v) is 3.68. The lowest BCUT2D eigenvalue weighted by atomic mass is 10.3. The second-order valence-corrected chi connectivity index (χ2v) is 7.07. The first-order valence-corrected chi connectivity index (χ1v) is 9.17. The monoisotopic (exact) mass is 329 g/mol. The maximum Gasteiger partial charge on any atom is 0.243 e. The molecule has 1 aromatic rings. The van der Waals surface area contributed by atoms with Crippen molar-refractivity contribution >= 4 is 10.0 Å². The number of hydrogen-bond acceptors (Lipinski definition) is 4. The van der Waals surface area contributed by atoms with Crippen LogP contribution in [0.25, 0.3) is 0 Å². The number of ether oxygens (including phenoxy) is 2. The van der Waals surface area contributed by atoms with E-state index in [4.69, 9.17) is 9.47 Å². The molecule has 6 heteroatoms. The lowest BCUT2D eigenvalue weighted by Crippen LogP contribution is -2.33. The molecule has 0 aliphatic heterocycles. The normalized spacial score (nSPS) is 11.7. The summed E-state index contributed by atoms with van der Waals surface area (Å²) < 4.78 is 37.6. The van der Waals surface area contributed by atoms with Gasteiger partial charge in [0.25, 0.3) is 0 Å². The predicted octanol–water partition coefficient (Wildman–Crippen LogP) is 3.29. The van der Waals surface area contributed by atoms with Crippen molar-refractivity contribution in [2.24, 2.45) is 0 Å². The zero-order valence-corrected chi connectivity index (χ0v) is 14.8. The molecule has 5 nitrogen and oxygen atoms in total.